The normalized spacial score (nSPS) is 19.8. The highest BCUT2D eigenvalue weighted by Crippen LogP contribution is 2.47. The fraction of sp³-hybridized carbons (Fsp3) is 0.800. The molecule has 1 aliphatic carbocycles. The fourth-order valence-corrected chi connectivity index (χ4v) is 3.84. The Hall–Kier alpha value is -0.410. The first-order chi connectivity index (χ1) is 8.35. The zero-order valence-corrected chi connectivity index (χ0v) is 13.2. The second kappa shape index (κ2) is 4.93. The van der Waals surface area contributed by atoms with E-state index in [-0.39, 0.29) is 5.41 Å². The molecule has 0 amide bonds. The molecule has 102 valence electrons. The molecule has 1 unspecified atom stereocenters. The zero-order chi connectivity index (χ0) is 13.4. The summed E-state index contributed by atoms with van der Waals surface area (Å²) in [5.74, 6) is 0.895. The van der Waals surface area contributed by atoms with Crippen molar-refractivity contribution in [1.82, 2.24) is 10.3 Å². The summed E-state index contributed by atoms with van der Waals surface area (Å²) in [6.07, 6.45) is 3.92. The van der Waals surface area contributed by atoms with Crippen LogP contribution in [-0.2, 0) is 11.8 Å². The summed E-state index contributed by atoms with van der Waals surface area (Å²) in [5.41, 5.74) is 1.81. The predicted molar refractivity (Wildman–Crippen MR) is 79.3 cm³/mol. The third kappa shape index (κ3) is 3.12. The molecule has 1 fully saturated rings. The van der Waals surface area contributed by atoms with Gasteiger partial charge in [0.25, 0.3) is 0 Å². The Kier molecular flexibility index (Phi) is 3.84. The van der Waals surface area contributed by atoms with Crippen LogP contribution in [0.3, 0.4) is 0 Å². The first kappa shape index (κ1) is 14.0. The van der Waals surface area contributed by atoms with Crippen molar-refractivity contribution in [3.8, 4) is 0 Å². The smallest absolute Gasteiger partial charge is 0.0934 e. The summed E-state index contributed by atoms with van der Waals surface area (Å²) in [7, 11) is 2.06. The molecule has 3 heteroatoms. The van der Waals surface area contributed by atoms with Gasteiger partial charge < -0.3 is 5.32 Å². The molecule has 18 heavy (non-hydrogen) atoms. The molecule has 0 spiro atoms. The topological polar surface area (TPSA) is 24.9 Å². The van der Waals surface area contributed by atoms with Crippen LogP contribution in [0.2, 0.25) is 0 Å². The molecule has 1 N–H and O–H groups in total. The molecule has 1 heterocycles. The average molecular weight is 266 g/mol. The number of hydrogen-bond donors (Lipinski definition) is 1. The van der Waals surface area contributed by atoms with Gasteiger partial charge in [-0.2, -0.15) is 0 Å². The van der Waals surface area contributed by atoms with Crippen LogP contribution in [0.1, 0.15) is 51.2 Å². The molecule has 1 saturated carbocycles. The lowest BCUT2D eigenvalue weighted by atomic mass is 9.81. The Morgan fingerprint density at radius 2 is 2.00 bits per heavy atom. The van der Waals surface area contributed by atoms with E-state index in [2.05, 4.69) is 45.4 Å². The molecule has 2 rings (SSSR count). The SMILES string of the molecule is CNCC(C)(Cc1nc(C(C)(C)C)cs1)C1CC1. The summed E-state index contributed by atoms with van der Waals surface area (Å²) >= 11 is 1.84. The maximum atomic E-state index is 4.85. The van der Waals surface area contributed by atoms with Crippen molar-refractivity contribution < 1.29 is 0 Å². The summed E-state index contributed by atoms with van der Waals surface area (Å²) in [5, 5.41) is 6.91. The van der Waals surface area contributed by atoms with Crippen LogP contribution >= 0.6 is 11.3 Å². The summed E-state index contributed by atoms with van der Waals surface area (Å²) in [6, 6.07) is 0. The monoisotopic (exact) mass is 266 g/mol. The lowest BCUT2D eigenvalue weighted by molar-refractivity contribution is 0.262. The van der Waals surface area contributed by atoms with Crippen molar-refractivity contribution in [1.29, 1.82) is 0 Å². The van der Waals surface area contributed by atoms with Crippen LogP contribution in [0.4, 0.5) is 0 Å². The molecule has 1 aromatic rings. The van der Waals surface area contributed by atoms with Crippen LogP contribution in [-0.4, -0.2) is 18.6 Å². The molecule has 0 aromatic carbocycles. The Morgan fingerprint density at radius 3 is 2.44 bits per heavy atom. The molecule has 0 aliphatic heterocycles. The van der Waals surface area contributed by atoms with E-state index in [1.54, 1.807) is 0 Å². The highest BCUT2D eigenvalue weighted by Gasteiger charge is 2.41. The molecule has 0 bridgehead atoms. The molecule has 0 radical (unpaired) electrons. The lowest BCUT2D eigenvalue weighted by Gasteiger charge is -2.28. The van der Waals surface area contributed by atoms with E-state index in [9.17, 15) is 0 Å². The minimum atomic E-state index is 0.174. The number of nitrogens with zero attached hydrogens (tertiary/aromatic N) is 1. The minimum absolute atomic E-state index is 0.174. The number of nitrogens with one attached hydrogen (secondary N) is 1. The standard InChI is InChI=1S/C15H26N2S/c1-14(2,3)12-9-18-13(17-12)8-15(4,10-16-5)11-6-7-11/h9,11,16H,6-8,10H2,1-5H3. The van der Waals surface area contributed by atoms with Crippen molar-refractivity contribution in [2.45, 2.75) is 52.4 Å². The highest BCUT2D eigenvalue weighted by atomic mass is 32.1. The number of rotatable bonds is 5. The molecule has 1 atom stereocenters. The van der Waals surface area contributed by atoms with Crippen LogP contribution < -0.4 is 5.32 Å². The fourth-order valence-electron chi connectivity index (χ4n) is 2.62. The van der Waals surface area contributed by atoms with Gasteiger partial charge in [-0.3, -0.25) is 0 Å². The van der Waals surface area contributed by atoms with Gasteiger partial charge in [-0.05, 0) is 31.2 Å². The van der Waals surface area contributed by atoms with Gasteiger partial charge in [0.15, 0.2) is 0 Å². The van der Waals surface area contributed by atoms with Gasteiger partial charge in [0.1, 0.15) is 0 Å². The molecule has 1 aliphatic rings. The van der Waals surface area contributed by atoms with Crippen LogP contribution in [0.25, 0.3) is 0 Å². The van der Waals surface area contributed by atoms with Gasteiger partial charge in [-0.15, -0.1) is 11.3 Å². The number of aromatic nitrogens is 1. The van der Waals surface area contributed by atoms with Gasteiger partial charge in [0, 0.05) is 23.8 Å². The Morgan fingerprint density at radius 1 is 1.33 bits per heavy atom. The van der Waals surface area contributed by atoms with E-state index in [0.29, 0.717) is 5.41 Å². The highest BCUT2D eigenvalue weighted by molar-refractivity contribution is 7.09. The van der Waals surface area contributed by atoms with E-state index in [0.717, 1.165) is 18.9 Å². The molecule has 1 aromatic heterocycles. The summed E-state index contributed by atoms with van der Waals surface area (Å²) in [6.45, 7) is 10.2. The minimum Gasteiger partial charge on any atom is -0.319 e. The van der Waals surface area contributed by atoms with Crippen molar-refractivity contribution >= 4 is 11.3 Å². The van der Waals surface area contributed by atoms with Gasteiger partial charge in [-0.25, -0.2) is 4.98 Å². The Bertz CT molecular complexity index is 401. The predicted octanol–water partition coefficient (Wildman–Crippen LogP) is 3.62. The first-order valence-electron chi connectivity index (χ1n) is 6.95. The molecule has 0 saturated heterocycles. The molecular weight excluding hydrogens is 240 g/mol. The van der Waals surface area contributed by atoms with Crippen LogP contribution in [0.5, 0.6) is 0 Å². The van der Waals surface area contributed by atoms with Crippen molar-refractivity contribution in [3.05, 3.63) is 16.1 Å². The largest absolute Gasteiger partial charge is 0.319 e. The maximum absolute atomic E-state index is 4.85. The number of hydrogen-bond acceptors (Lipinski definition) is 3. The second-order valence-electron chi connectivity index (χ2n) is 7.01. The van der Waals surface area contributed by atoms with E-state index in [4.69, 9.17) is 4.98 Å². The van der Waals surface area contributed by atoms with Crippen molar-refractivity contribution in [3.63, 3.8) is 0 Å². The van der Waals surface area contributed by atoms with Crippen LogP contribution in [0.15, 0.2) is 5.38 Å². The van der Waals surface area contributed by atoms with Gasteiger partial charge >= 0.3 is 0 Å². The molecule has 2 nitrogen and oxygen atoms in total. The average Bonchev–Trinajstić information content (AvgIpc) is 3.00. The summed E-state index contributed by atoms with van der Waals surface area (Å²) in [4.78, 5) is 4.85. The van der Waals surface area contributed by atoms with Crippen molar-refractivity contribution in [2.24, 2.45) is 11.3 Å². The van der Waals surface area contributed by atoms with Gasteiger partial charge in [-0.1, -0.05) is 27.7 Å². The van der Waals surface area contributed by atoms with E-state index < -0.39 is 0 Å². The van der Waals surface area contributed by atoms with E-state index in [1.807, 2.05) is 11.3 Å². The van der Waals surface area contributed by atoms with E-state index >= 15 is 0 Å². The van der Waals surface area contributed by atoms with Gasteiger partial charge in [0.2, 0.25) is 0 Å². The second-order valence-corrected chi connectivity index (χ2v) is 7.95. The van der Waals surface area contributed by atoms with Crippen molar-refractivity contribution in [2.75, 3.05) is 13.6 Å². The quantitative estimate of drug-likeness (QED) is 0.880. The Balaban J connectivity index is 2.10. The third-order valence-electron chi connectivity index (χ3n) is 4.02. The van der Waals surface area contributed by atoms with E-state index in [1.165, 1.54) is 23.5 Å². The van der Waals surface area contributed by atoms with Gasteiger partial charge in [0.05, 0.1) is 10.7 Å². The lowest BCUT2D eigenvalue weighted by Crippen LogP contribution is -2.33. The zero-order valence-electron chi connectivity index (χ0n) is 12.3. The summed E-state index contributed by atoms with van der Waals surface area (Å²) < 4.78 is 0. The maximum Gasteiger partial charge on any atom is 0.0934 e. The van der Waals surface area contributed by atoms with Crippen LogP contribution in [0, 0.1) is 11.3 Å². The number of thiazole rings is 1. The first-order valence-corrected chi connectivity index (χ1v) is 7.82. The molecular formula is C15H26N2S. The Labute approximate surface area is 115 Å². The third-order valence-corrected chi connectivity index (χ3v) is 4.87.